The molecule has 3 nitrogen and oxygen atoms in total. The molecule has 0 amide bonds. The van der Waals surface area contributed by atoms with Crippen molar-refractivity contribution in [3.8, 4) is 0 Å². The van der Waals surface area contributed by atoms with Gasteiger partial charge in [-0.25, -0.2) is 0 Å². The van der Waals surface area contributed by atoms with Crippen molar-refractivity contribution >= 4 is 23.0 Å². The van der Waals surface area contributed by atoms with E-state index in [1.807, 2.05) is 13.0 Å². The molecule has 1 aromatic carbocycles. The highest BCUT2D eigenvalue weighted by molar-refractivity contribution is 6.31. The maximum atomic E-state index is 10.2. The molecule has 0 aromatic heterocycles. The van der Waals surface area contributed by atoms with E-state index in [4.69, 9.17) is 17.3 Å². The number of rotatable bonds is 5. The summed E-state index contributed by atoms with van der Waals surface area (Å²) < 4.78 is 0. The van der Waals surface area contributed by atoms with Crippen LogP contribution in [0.25, 0.3) is 0 Å². The van der Waals surface area contributed by atoms with Crippen LogP contribution >= 0.6 is 11.6 Å². The molecule has 1 unspecified atom stereocenters. The van der Waals surface area contributed by atoms with Crippen LogP contribution in [0.2, 0.25) is 5.02 Å². The van der Waals surface area contributed by atoms with Crippen molar-refractivity contribution in [1.29, 1.82) is 0 Å². The quantitative estimate of drug-likeness (QED) is 0.710. The Morgan fingerprint density at radius 2 is 2.12 bits per heavy atom. The van der Waals surface area contributed by atoms with Gasteiger partial charge in [0.25, 0.3) is 0 Å². The van der Waals surface area contributed by atoms with E-state index in [0.717, 1.165) is 12.1 Å². The number of hydrogen-bond donors (Lipinski definition) is 3. The topological polar surface area (TPSA) is 58.3 Å². The van der Waals surface area contributed by atoms with Crippen molar-refractivity contribution in [3.05, 3.63) is 23.2 Å². The Bertz CT molecular complexity index is 378. The summed E-state index contributed by atoms with van der Waals surface area (Å²) in [5.41, 5.74) is 6.49. The number of nitrogen functional groups attached to an aromatic ring is 1. The smallest absolute Gasteiger partial charge is 0.0793 e. The summed E-state index contributed by atoms with van der Waals surface area (Å²) in [7, 11) is 0. The van der Waals surface area contributed by atoms with Gasteiger partial charge in [0, 0.05) is 11.6 Å². The zero-order valence-corrected chi connectivity index (χ0v) is 11.4. The number of benzene rings is 1. The summed E-state index contributed by atoms with van der Waals surface area (Å²) >= 11 is 5.82. The van der Waals surface area contributed by atoms with Crippen LogP contribution in [0.4, 0.5) is 11.4 Å². The van der Waals surface area contributed by atoms with Gasteiger partial charge in [0.2, 0.25) is 0 Å². The van der Waals surface area contributed by atoms with Gasteiger partial charge in [-0.3, -0.25) is 0 Å². The summed E-state index contributed by atoms with van der Waals surface area (Å²) in [6.07, 6.45) is 0.744. The lowest BCUT2D eigenvalue weighted by Gasteiger charge is -2.26. The van der Waals surface area contributed by atoms with Gasteiger partial charge in [-0.15, -0.1) is 0 Å². The van der Waals surface area contributed by atoms with Crippen LogP contribution in [0.3, 0.4) is 0 Å². The minimum atomic E-state index is -0.736. The molecule has 17 heavy (non-hydrogen) atoms. The molecule has 1 atom stereocenters. The lowest BCUT2D eigenvalue weighted by Crippen LogP contribution is -2.35. The molecule has 0 aliphatic rings. The van der Waals surface area contributed by atoms with Crippen LogP contribution < -0.4 is 11.1 Å². The van der Waals surface area contributed by atoms with E-state index in [0.29, 0.717) is 23.2 Å². The molecule has 4 heteroatoms. The van der Waals surface area contributed by atoms with Gasteiger partial charge < -0.3 is 16.2 Å². The van der Waals surface area contributed by atoms with E-state index in [9.17, 15) is 5.11 Å². The Kier molecular flexibility index (Phi) is 4.66. The molecule has 0 radical (unpaired) electrons. The van der Waals surface area contributed by atoms with Crippen LogP contribution in [-0.4, -0.2) is 17.3 Å². The predicted molar refractivity (Wildman–Crippen MR) is 74.4 cm³/mol. The lowest BCUT2D eigenvalue weighted by atomic mass is 9.94. The first-order chi connectivity index (χ1) is 7.80. The molecule has 0 fully saturated rings. The molecule has 0 bridgehead atoms. The fourth-order valence-electron chi connectivity index (χ4n) is 1.93. The fraction of sp³-hybridized carbons (Fsp3) is 0.538. The highest BCUT2D eigenvalue weighted by Gasteiger charge is 2.21. The highest BCUT2D eigenvalue weighted by Crippen LogP contribution is 2.24. The molecule has 0 aliphatic carbocycles. The first kappa shape index (κ1) is 14.1. The van der Waals surface area contributed by atoms with Crippen LogP contribution in [-0.2, 0) is 0 Å². The van der Waals surface area contributed by atoms with Crippen molar-refractivity contribution in [2.45, 2.75) is 32.8 Å². The van der Waals surface area contributed by atoms with E-state index < -0.39 is 5.60 Å². The molecule has 0 spiro atoms. The van der Waals surface area contributed by atoms with Gasteiger partial charge >= 0.3 is 0 Å². The van der Waals surface area contributed by atoms with Crippen LogP contribution in [0.15, 0.2) is 18.2 Å². The summed E-state index contributed by atoms with van der Waals surface area (Å²) in [4.78, 5) is 0. The SMILES string of the molecule is CC(C)CC(C)(O)CNc1ccc(Cl)cc1N. The third-order valence-corrected chi connectivity index (χ3v) is 2.76. The third-order valence-electron chi connectivity index (χ3n) is 2.52. The molecule has 1 aromatic rings. The number of nitrogens with one attached hydrogen (secondary N) is 1. The first-order valence-corrected chi connectivity index (χ1v) is 6.19. The predicted octanol–water partition coefficient (Wildman–Crippen LogP) is 3.13. The number of nitrogens with two attached hydrogens (primary N) is 1. The number of anilines is 2. The van der Waals surface area contributed by atoms with Crippen molar-refractivity contribution in [3.63, 3.8) is 0 Å². The van der Waals surface area contributed by atoms with Crippen molar-refractivity contribution in [2.24, 2.45) is 5.92 Å². The normalized spacial score (nSPS) is 14.7. The van der Waals surface area contributed by atoms with Crippen molar-refractivity contribution in [1.82, 2.24) is 0 Å². The second-order valence-corrected chi connectivity index (χ2v) is 5.62. The Balaban J connectivity index is 2.61. The van der Waals surface area contributed by atoms with E-state index >= 15 is 0 Å². The molecule has 96 valence electrons. The summed E-state index contributed by atoms with van der Waals surface area (Å²) in [6.45, 7) is 6.47. The van der Waals surface area contributed by atoms with Crippen molar-refractivity contribution in [2.75, 3.05) is 17.6 Å². The van der Waals surface area contributed by atoms with Crippen molar-refractivity contribution < 1.29 is 5.11 Å². The van der Waals surface area contributed by atoms with E-state index in [-0.39, 0.29) is 0 Å². The van der Waals surface area contributed by atoms with E-state index in [1.54, 1.807) is 12.1 Å². The lowest BCUT2D eigenvalue weighted by molar-refractivity contribution is 0.0516. The van der Waals surface area contributed by atoms with Gasteiger partial charge in [0.05, 0.1) is 17.0 Å². The third kappa shape index (κ3) is 4.84. The Morgan fingerprint density at radius 1 is 1.47 bits per heavy atom. The van der Waals surface area contributed by atoms with Crippen LogP contribution in [0.1, 0.15) is 27.2 Å². The summed E-state index contributed by atoms with van der Waals surface area (Å²) in [6, 6.07) is 5.29. The molecule has 0 heterocycles. The Hall–Kier alpha value is -0.930. The Morgan fingerprint density at radius 3 is 2.65 bits per heavy atom. The van der Waals surface area contributed by atoms with E-state index in [1.165, 1.54) is 0 Å². The maximum absolute atomic E-state index is 10.2. The van der Waals surface area contributed by atoms with Gasteiger partial charge in [0.1, 0.15) is 0 Å². The molecule has 4 N–H and O–H groups in total. The maximum Gasteiger partial charge on any atom is 0.0793 e. The Labute approximate surface area is 108 Å². The standard InChI is InChI=1S/C13H21ClN2O/c1-9(2)7-13(3,17)8-16-12-5-4-10(14)6-11(12)15/h4-6,9,16-17H,7-8,15H2,1-3H3. The summed E-state index contributed by atoms with van der Waals surface area (Å²) in [5.74, 6) is 0.453. The number of halogens is 1. The number of aliphatic hydroxyl groups is 1. The molecule has 0 aliphatic heterocycles. The van der Waals surface area contributed by atoms with Gasteiger partial charge in [-0.1, -0.05) is 25.4 Å². The van der Waals surface area contributed by atoms with Gasteiger partial charge in [0.15, 0.2) is 0 Å². The first-order valence-electron chi connectivity index (χ1n) is 5.81. The molecule has 0 saturated carbocycles. The zero-order chi connectivity index (χ0) is 13.1. The molecule has 1 rings (SSSR count). The second kappa shape index (κ2) is 5.61. The largest absolute Gasteiger partial charge is 0.397 e. The van der Waals surface area contributed by atoms with Crippen LogP contribution in [0.5, 0.6) is 0 Å². The van der Waals surface area contributed by atoms with Gasteiger partial charge in [-0.2, -0.15) is 0 Å². The monoisotopic (exact) mass is 256 g/mol. The van der Waals surface area contributed by atoms with Gasteiger partial charge in [-0.05, 0) is 37.5 Å². The summed E-state index contributed by atoms with van der Waals surface area (Å²) in [5, 5.41) is 13.9. The molecular weight excluding hydrogens is 236 g/mol. The average Bonchev–Trinajstić information content (AvgIpc) is 2.14. The fourth-order valence-corrected chi connectivity index (χ4v) is 2.11. The van der Waals surface area contributed by atoms with E-state index in [2.05, 4.69) is 19.2 Å². The minimum Gasteiger partial charge on any atom is -0.397 e. The molecular formula is C13H21ClN2O. The molecule has 0 saturated heterocycles. The number of hydrogen-bond acceptors (Lipinski definition) is 3. The average molecular weight is 257 g/mol. The highest BCUT2D eigenvalue weighted by atomic mass is 35.5. The van der Waals surface area contributed by atoms with Crippen LogP contribution in [0, 0.1) is 5.92 Å². The zero-order valence-electron chi connectivity index (χ0n) is 10.6. The minimum absolute atomic E-state index is 0.453. The second-order valence-electron chi connectivity index (χ2n) is 5.18.